The van der Waals surface area contributed by atoms with Crippen LogP contribution in [-0.2, 0) is 6.42 Å². The first-order valence-electron chi connectivity index (χ1n) is 8.39. The summed E-state index contributed by atoms with van der Waals surface area (Å²) >= 11 is 0. The van der Waals surface area contributed by atoms with Crippen molar-refractivity contribution in [2.24, 2.45) is 0 Å². The molecule has 0 radical (unpaired) electrons. The zero-order chi connectivity index (χ0) is 14.9. The highest BCUT2D eigenvalue weighted by atomic mass is 16.5. The number of hydrogen-bond donors (Lipinski definition) is 1. The van der Waals surface area contributed by atoms with E-state index in [0.29, 0.717) is 6.04 Å². The SMILES string of the molecule is CNC(C)Cc1ccc(OCCCN2CCCCC2)cc1. The standard InChI is InChI=1S/C18H30N2O/c1-16(19-2)15-17-7-9-18(10-8-17)21-14-6-13-20-11-4-3-5-12-20/h7-10,16,19H,3-6,11-15H2,1-2H3. The summed E-state index contributed by atoms with van der Waals surface area (Å²) in [5.41, 5.74) is 1.36. The van der Waals surface area contributed by atoms with Gasteiger partial charge in [-0.1, -0.05) is 18.6 Å². The number of likely N-dealkylation sites (tertiary alicyclic amines) is 1. The number of piperidine rings is 1. The van der Waals surface area contributed by atoms with E-state index < -0.39 is 0 Å². The molecule has 2 rings (SSSR count). The van der Waals surface area contributed by atoms with E-state index in [1.165, 1.54) is 44.5 Å². The molecular weight excluding hydrogens is 260 g/mol. The minimum atomic E-state index is 0.515. The lowest BCUT2D eigenvalue weighted by molar-refractivity contribution is 0.205. The molecule has 1 saturated heterocycles. The van der Waals surface area contributed by atoms with Crippen LogP contribution in [0, 0.1) is 0 Å². The van der Waals surface area contributed by atoms with Gasteiger partial charge in [0.2, 0.25) is 0 Å². The van der Waals surface area contributed by atoms with Crippen molar-refractivity contribution in [3.05, 3.63) is 29.8 Å². The Bertz CT molecular complexity index is 385. The van der Waals surface area contributed by atoms with Crippen LogP contribution in [0.5, 0.6) is 5.75 Å². The second kappa shape index (κ2) is 9.06. The van der Waals surface area contributed by atoms with Crippen molar-refractivity contribution in [1.29, 1.82) is 0 Å². The molecule has 1 aliphatic rings. The van der Waals surface area contributed by atoms with Gasteiger partial charge in [-0.3, -0.25) is 0 Å². The van der Waals surface area contributed by atoms with Gasteiger partial charge in [0, 0.05) is 12.6 Å². The smallest absolute Gasteiger partial charge is 0.119 e. The number of ether oxygens (including phenoxy) is 1. The molecule has 0 saturated carbocycles. The minimum Gasteiger partial charge on any atom is -0.494 e. The van der Waals surface area contributed by atoms with Crippen molar-refractivity contribution < 1.29 is 4.74 Å². The van der Waals surface area contributed by atoms with Crippen molar-refractivity contribution in [1.82, 2.24) is 10.2 Å². The Morgan fingerprint density at radius 1 is 1.14 bits per heavy atom. The van der Waals surface area contributed by atoms with E-state index in [-0.39, 0.29) is 0 Å². The van der Waals surface area contributed by atoms with Gasteiger partial charge in [0.1, 0.15) is 5.75 Å². The third-order valence-corrected chi connectivity index (χ3v) is 4.29. The lowest BCUT2D eigenvalue weighted by Gasteiger charge is -2.26. The Labute approximate surface area is 129 Å². The normalized spacial score (nSPS) is 17.6. The predicted molar refractivity (Wildman–Crippen MR) is 89.1 cm³/mol. The minimum absolute atomic E-state index is 0.515. The number of likely N-dealkylation sites (N-methyl/N-ethyl adjacent to an activating group) is 1. The fraction of sp³-hybridized carbons (Fsp3) is 0.667. The zero-order valence-corrected chi connectivity index (χ0v) is 13.6. The maximum atomic E-state index is 5.84. The van der Waals surface area contributed by atoms with E-state index in [4.69, 9.17) is 4.74 Å². The average molecular weight is 290 g/mol. The fourth-order valence-corrected chi connectivity index (χ4v) is 2.84. The van der Waals surface area contributed by atoms with Crippen LogP contribution in [0.15, 0.2) is 24.3 Å². The summed E-state index contributed by atoms with van der Waals surface area (Å²) in [6.45, 7) is 6.75. The van der Waals surface area contributed by atoms with Gasteiger partial charge in [-0.25, -0.2) is 0 Å². The Hall–Kier alpha value is -1.06. The third-order valence-electron chi connectivity index (χ3n) is 4.29. The Morgan fingerprint density at radius 3 is 2.52 bits per heavy atom. The lowest BCUT2D eigenvalue weighted by Crippen LogP contribution is -2.31. The van der Waals surface area contributed by atoms with Gasteiger partial charge in [-0.15, -0.1) is 0 Å². The summed E-state index contributed by atoms with van der Waals surface area (Å²) in [5.74, 6) is 0.995. The van der Waals surface area contributed by atoms with Crippen LogP contribution >= 0.6 is 0 Å². The van der Waals surface area contributed by atoms with Crippen molar-refractivity contribution in [3.8, 4) is 5.75 Å². The van der Waals surface area contributed by atoms with Crippen molar-refractivity contribution in [3.63, 3.8) is 0 Å². The fourth-order valence-electron chi connectivity index (χ4n) is 2.84. The van der Waals surface area contributed by atoms with Gasteiger partial charge in [-0.2, -0.15) is 0 Å². The van der Waals surface area contributed by atoms with Gasteiger partial charge < -0.3 is 15.0 Å². The summed E-state index contributed by atoms with van der Waals surface area (Å²) in [7, 11) is 2.00. The van der Waals surface area contributed by atoms with Gasteiger partial charge >= 0.3 is 0 Å². The molecule has 0 spiro atoms. The van der Waals surface area contributed by atoms with Crippen molar-refractivity contribution in [2.45, 2.75) is 45.1 Å². The van der Waals surface area contributed by atoms with Gasteiger partial charge in [0.05, 0.1) is 6.61 Å². The number of benzene rings is 1. The van der Waals surface area contributed by atoms with E-state index >= 15 is 0 Å². The molecule has 0 aliphatic carbocycles. The first kappa shape index (κ1) is 16.3. The first-order valence-corrected chi connectivity index (χ1v) is 8.39. The summed E-state index contributed by atoms with van der Waals surface area (Å²) in [6.07, 6.45) is 6.33. The molecule has 0 amide bonds. The van der Waals surface area contributed by atoms with Gasteiger partial charge in [0.15, 0.2) is 0 Å². The van der Waals surface area contributed by atoms with Crippen LogP contribution in [0.2, 0.25) is 0 Å². The van der Waals surface area contributed by atoms with Crippen LogP contribution in [0.25, 0.3) is 0 Å². The quantitative estimate of drug-likeness (QED) is 0.745. The Kier molecular flexibility index (Phi) is 7.04. The summed E-state index contributed by atoms with van der Waals surface area (Å²) in [6, 6.07) is 9.06. The molecule has 1 heterocycles. The largest absolute Gasteiger partial charge is 0.494 e. The third kappa shape index (κ3) is 6.06. The first-order chi connectivity index (χ1) is 10.3. The number of nitrogens with one attached hydrogen (secondary N) is 1. The van der Waals surface area contributed by atoms with Crippen molar-refractivity contribution >= 4 is 0 Å². The molecule has 0 aromatic heterocycles. The van der Waals surface area contributed by atoms with Gasteiger partial charge in [-0.05, 0) is 70.4 Å². The second-order valence-electron chi connectivity index (χ2n) is 6.14. The molecule has 1 aromatic rings. The lowest BCUT2D eigenvalue weighted by atomic mass is 10.1. The molecule has 1 aromatic carbocycles. The maximum Gasteiger partial charge on any atom is 0.119 e. The average Bonchev–Trinajstić information content (AvgIpc) is 2.54. The van der Waals surface area contributed by atoms with E-state index in [9.17, 15) is 0 Å². The summed E-state index contributed by atoms with van der Waals surface area (Å²) < 4.78 is 5.84. The molecule has 1 fully saturated rings. The molecule has 1 aliphatic heterocycles. The maximum absolute atomic E-state index is 5.84. The molecule has 118 valence electrons. The summed E-state index contributed by atoms with van der Waals surface area (Å²) in [5, 5.41) is 3.27. The van der Waals surface area contributed by atoms with Crippen LogP contribution in [0.4, 0.5) is 0 Å². The van der Waals surface area contributed by atoms with Crippen LogP contribution in [-0.4, -0.2) is 44.2 Å². The van der Waals surface area contributed by atoms with Crippen molar-refractivity contribution in [2.75, 3.05) is 33.3 Å². The number of nitrogens with zero attached hydrogens (tertiary/aromatic N) is 1. The molecule has 3 heteroatoms. The molecular formula is C18H30N2O. The highest BCUT2D eigenvalue weighted by Crippen LogP contribution is 2.14. The number of rotatable bonds is 8. The Balaban J connectivity index is 1.64. The monoisotopic (exact) mass is 290 g/mol. The predicted octanol–water partition coefficient (Wildman–Crippen LogP) is 3.09. The highest BCUT2D eigenvalue weighted by Gasteiger charge is 2.09. The molecule has 1 unspecified atom stereocenters. The van der Waals surface area contributed by atoms with E-state index in [1.54, 1.807) is 0 Å². The molecule has 21 heavy (non-hydrogen) atoms. The highest BCUT2D eigenvalue weighted by molar-refractivity contribution is 5.27. The van der Waals surface area contributed by atoms with Crippen LogP contribution < -0.4 is 10.1 Å². The molecule has 1 N–H and O–H groups in total. The summed E-state index contributed by atoms with van der Waals surface area (Å²) in [4.78, 5) is 2.56. The molecule has 3 nitrogen and oxygen atoms in total. The van der Waals surface area contributed by atoms with Crippen LogP contribution in [0.1, 0.15) is 38.2 Å². The van der Waals surface area contributed by atoms with Gasteiger partial charge in [0.25, 0.3) is 0 Å². The van der Waals surface area contributed by atoms with E-state index in [1.807, 2.05) is 7.05 Å². The molecule has 0 bridgehead atoms. The topological polar surface area (TPSA) is 24.5 Å². The van der Waals surface area contributed by atoms with E-state index in [2.05, 4.69) is 41.4 Å². The van der Waals surface area contributed by atoms with Crippen LogP contribution in [0.3, 0.4) is 0 Å². The second-order valence-corrected chi connectivity index (χ2v) is 6.14. The Morgan fingerprint density at radius 2 is 1.86 bits per heavy atom. The molecule has 1 atom stereocenters. The number of hydrogen-bond acceptors (Lipinski definition) is 3. The zero-order valence-electron chi connectivity index (χ0n) is 13.6. The van der Waals surface area contributed by atoms with E-state index in [0.717, 1.165) is 25.2 Å².